The zero-order valence-electron chi connectivity index (χ0n) is 13.1. The smallest absolute Gasteiger partial charge is 0.262 e. The van der Waals surface area contributed by atoms with Crippen molar-refractivity contribution >= 4 is 11.6 Å². The molecule has 0 saturated heterocycles. The predicted octanol–water partition coefficient (Wildman–Crippen LogP) is 3.84. The van der Waals surface area contributed by atoms with Gasteiger partial charge in [-0.05, 0) is 41.8 Å². The van der Waals surface area contributed by atoms with Gasteiger partial charge in [-0.2, -0.15) is 0 Å². The molecule has 0 bridgehead atoms. The molecule has 0 radical (unpaired) electrons. The number of ether oxygens (including phenoxy) is 2. The van der Waals surface area contributed by atoms with Crippen molar-refractivity contribution < 1.29 is 14.3 Å². The van der Waals surface area contributed by atoms with Gasteiger partial charge in [0.2, 0.25) is 0 Å². The SMILES string of the molecule is COc1ccc(NC(=O)COc2ccccc2C(C)C)cc1. The first-order chi connectivity index (χ1) is 10.6. The number of carbonyl (C=O) groups is 1. The molecule has 0 unspecified atom stereocenters. The van der Waals surface area contributed by atoms with Gasteiger partial charge in [0, 0.05) is 5.69 Å². The Morgan fingerprint density at radius 1 is 1.09 bits per heavy atom. The molecular weight excluding hydrogens is 278 g/mol. The van der Waals surface area contributed by atoms with Crippen LogP contribution < -0.4 is 14.8 Å². The summed E-state index contributed by atoms with van der Waals surface area (Å²) in [5, 5.41) is 2.79. The fourth-order valence-corrected chi connectivity index (χ4v) is 2.10. The van der Waals surface area contributed by atoms with Gasteiger partial charge in [-0.1, -0.05) is 32.0 Å². The Hall–Kier alpha value is -2.49. The fourth-order valence-electron chi connectivity index (χ4n) is 2.10. The molecule has 2 rings (SSSR count). The molecule has 0 aromatic heterocycles. The molecule has 2 aromatic rings. The molecule has 1 N–H and O–H groups in total. The van der Waals surface area contributed by atoms with Gasteiger partial charge in [0.05, 0.1) is 7.11 Å². The number of benzene rings is 2. The standard InChI is InChI=1S/C18H21NO3/c1-13(2)16-6-4-5-7-17(16)22-12-18(20)19-14-8-10-15(21-3)11-9-14/h4-11,13H,12H2,1-3H3,(H,19,20). The van der Waals surface area contributed by atoms with Crippen LogP contribution in [0.25, 0.3) is 0 Å². The lowest BCUT2D eigenvalue weighted by molar-refractivity contribution is -0.118. The maximum atomic E-state index is 12.0. The fraction of sp³-hybridized carbons (Fsp3) is 0.278. The highest BCUT2D eigenvalue weighted by molar-refractivity contribution is 5.91. The molecule has 22 heavy (non-hydrogen) atoms. The number of anilines is 1. The minimum atomic E-state index is -0.191. The van der Waals surface area contributed by atoms with Crippen LogP contribution in [0.1, 0.15) is 25.3 Å². The second-order valence-corrected chi connectivity index (χ2v) is 5.26. The average Bonchev–Trinajstić information content (AvgIpc) is 2.54. The van der Waals surface area contributed by atoms with Crippen molar-refractivity contribution in [3.05, 3.63) is 54.1 Å². The van der Waals surface area contributed by atoms with Crippen LogP contribution in [-0.2, 0) is 4.79 Å². The van der Waals surface area contributed by atoms with Crippen molar-refractivity contribution in [2.24, 2.45) is 0 Å². The largest absolute Gasteiger partial charge is 0.497 e. The summed E-state index contributed by atoms with van der Waals surface area (Å²) >= 11 is 0. The van der Waals surface area contributed by atoms with Crippen molar-refractivity contribution in [3.63, 3.8) is 0 Å². The number of para-hydroxylation sites is 1. The molecule has 0 spiro atoms. The lowest BCUT2D eigenvalue weighted by atomic mass is 10.0. The Morgan fingerprint density at radius 2 is 1.77 bits per heavy atom. The van der Waals surface area contributed by atoms with Crippen LogP contribution in [0.2, 0.25) is 0 Å². The predicted molar refractivity (Wildman–Crippen MR) is 87.6 cm³/mol. The van der Waals surface area contributed by atoms with E-state index in [1.165, 1.54) is 0 Å². The Balaban J connectivity index is 1.92. The molecule has 0 aliphatic carbocycles. The first-order valence-corrected chi connectivity index (χ1v) is 7.25. The van der Waals surface area contributed by atoms with E-state index >= 15 is 0 Å². The van der Waals surface area contributed by atoms with Gasteiger partial charge >= 0.3 is 0 Å². The van der Waals surface area contributed by atoms with Gasteiger partial charge in [-0.25, -0.2) is 0 Å². The van der Waals surface area contributed by atoms with Crippen molar-refractivity contribution in [2.45, 2.75) is 19.8 Å². The normalized spacial score (nSPS) is 10.4. The third kappa shape index (κ3) is 4.25. The lowest BCUT2D eigenvalue weighted by Crippen LogP contribution is -2.20. The summed E-state index contributed by atoms with van der Waals surface area (Å²) in [6.45, 7) is 4.18. The molecule has 4 nitrogen and oxygen atoms in total. The highest BCUT2D eigenvalue weighted by Gasteiger charge is 2.09. The molecule has 0 atom stereocenters. The van der Waals surface area contributed by atoms with Crippen molar-refractivity contribution in [2.75, 3.05) is 19.0 Å². The topological polar surface area (TPSA) is 47.6 Å². The third-order valence-corrected chi connectivity index (χ3v) is 3.27. The van der Waals surface area contributed by atoms with Crippen LogP contribution in [0.15, 0.2) is 48.5 Å². The minimum Gasteiger partial charge on any atom is -0.497 e. The van der Waals surface area contributed by atoms with Gasteiger partial charge in [0.15, 0.2) is 6.61 Å². The summed E-state index contributed by atoms with van der Waals surface area (Å²) in [6, 6.07) is 15.0. The van der Waals surface area contributed by atoms with Gasteiger partial charge in [0.1, 0.15) is 11.5 Å². The highest BCUT2D eigenvalue weighted by Crippen LogP contribution is 2.25. The van der Waals surface area contributed by atoms with Crippen molar-refractivity contribution in [1.29, 1.82) is 0 Å². The van der Waals surface area contributed by atoms with Crippen molar-refractivity contribution in [3.8, 4) is 11.5 Å². The van der Waals surface area contributed by atoms with E-state index in [4.69, 9.17) is 9.47 Å². The summed E-state index contributed by atoms with van der Waals surface area (Å²) in [5.41, 5.74) is 1.81. The van der Waals surface area contributed by atoms with Crippen LogP contribution in [-0.4, -0.2) is 19.6 Å². The number of nitrogens with one attached hydrogen (secondary N) is 1. The molecule has 2 aromatic carbocycles. The van der Waals surface area contributed by atoms with E-state index < -0.39 is 0 Å². The number of amides is 1. The monoisotopic (exact) mass is 299 g/mol. The lowest BCUT2D eigenvalue weighted by Gasteiger charge is -2.13. The number of rotatable bonds is 6. The van der Waals surface area contributed by atoms with E-state index in [0.29, 0.717) is 11.6 Å². The van der Waals surface area contributed by atoms with E-state index in [0.717, 1.165) is 17.1 Å². The third-order valence-electron chi connectivity index (χ3n) is 3.27. The first-order valence-electron chi connectivity index (χ1n) is 7.25. The Kier molecular flexibility index (Phi) is 5.42. The van der Waals surface area contributed by atoms with Gasteiger partial charge in [-0.15, -0.1) is 0 Å². The van der Waals surface area contributed by atoms with Gasteiger partial charge < -0.3 is 14.8 Å². The zero-order chi connectivity index (χ0) is 15.9. The molecule has 1 amide bonds. The molecule has 0 aliphatic rings. The summed E-state index contributed by atoms with van der Waals surface area (Å²) in [7, 11) is 1.60. The van der Waals surface area contributed by atoms with E-state index in [-0.39, 0.29) is 12.5 Å². The number of methoxy groups -OCH3 is 1. The maximum absolute atomic E-state index is 12.0. The Morgan fingerprint density at radius 3 is 2.41 bits per heavy atom. The summed E-state index contributed by atoms with van der Waals surface area (Å²) in [6.07, 6.45) is 0. The minimum absolute atomic E-state index is 0.0181. The van der Waals surface area contributed by atoms with E-state index in [1.807, 2.05) is 24.3 Å². The Labute approximate surface area is 131 Å². The molecular formula is C18H21NO3. The second-order valence-electron chi connectivity index (χ2n) is 5.26. The quantitative estimate of drug-likeness (QED) is 0.881. The van der Waals surface area contributed by atoms with Crippen LogP contribution in [0.4, 0.5) is 5.69 Å². The molecule has 4 heteroatoms. The average molecular weight is 299 g/mol. The van der Waals surface area contributed by atoms with E-state index in [9.17, 15) is 4.79 Å². The van der Waals surface area contributed by atoms with Crippen LogP contribution >= 0.6 is 0 Å². The zero-order valence-corrected chi connectivity index (χ0v) is 13.1. The van der Waals surface area contributed by atoms with Crippen LogP contribution in [0.5, 0.6) is 11.5 Å². The molecule has 0 saturated carbocycles. The molecule has 0 heterocycles. The highest BCUT2D eigenvalue weighted by atomic mass is 16.5. The van der Waals surface area contributed by atoms with E-state index in [1.54, 1.807) is 31.4 Å². The maximum Gasteiger partial charge on any atom is 0.262 e. The van der Waals surface area contributed by atoms with Crippen LogP contribution in [0, 0.1) is 0 Å². The van der Waals surface area contributed by atoms with Gasteiger partial charge in [0.25, 0.3) is 5.91 Å². The van der Waals surface area contributed by atoms with Crippen molar-refractivity contribution in [1.82, 2.24) is 0 Å². The number of carbonyl (C=O) groups excluding carboxylic acids is 1. The summed E-state index contributed by atoms with van der Waals surface area (Å²) in [5.74, 6) is 1.66. The molecule has 0 aliphatic heterocycles. The number of hydrogen-bond acceptors (Lipinski definition) is 3. The number of hydrogen-bond donors (Lipinski definition) is 1. The summed E-state index contributed by atoms with van der Waals surface area (Å²) < 4.78 is 10.7. The molecule has 116 valence electrons. The van der Waals surface area contributed by atoms with Crippen LogP contribution in [0.3, 0.4) is 0 Å². The molecule has 0 fully saturated rings. The van der Waals surface area contributed by atoms with E-state index in [2.05, 4.69) is 19.2 Å². The Bertz CT molecular complexity index is 620. The van der Waals surface area contributed by atoms with Gasteiger partial charge in [-0.3, -0.25) is 4.79 Å². The summed E-state index contributed by atoms with van der Waals surface area (Å²) in [4.78, 5) is 12.0. The first kappa shape index (κ1) is 15.9. The second kappa shape index (κ2) is 7.50.